The van der Waals surface area contributed by atoms with Gasteiger partial charge in [0.05, 0.1) is 0 Å². The van der Waals surface area contributed by atoms with Gasteiger partial charge < -0.3 is 9.47 Å². The highest BCUT2D eigenvalue weighted by atomic mass is 19.1. The number of rotatable bonds is 1. The van der Waals surface area contributed by atoms with Crippen molar-refractivity contribution in [1.29, 1.82) is 0 Å². The van der Waals surface area contributed by atoms with E-state index >= 15 is 0 Å². The van der Waals surface area contributed by atoms with E-state index in [4.69, 9.17) is 9.47 Å². The molecule has 1 aliphatic heterocycles. The smallest absolute Gasteiger partial charge is 0.267 e. The highest BCUT2D eigenvalue weighted by Gasteiger charge is 2.15. The summed E-state index contributed by atoms with van der Waals surface area (Å²) in [6.07, 6.45) is 3.32. The molecule has 1 atom stereocenters. The summed E-state index contributed by atoms with van der Waals surface area (Å²) in [5.74, 6) is -0.270. The van der Waals surface area contributed by atoms with Gasteiger partial charge in [-0.25, -0.2) is 4.39 Å². The lowest BCUT2D eigenvalue weighted by Crippen LogP contribution is -1.97. The second-order valence-corrected chi connectivity index (χ2v) is 2.37. The third-order valence-corrected chi connectivity index (χ3v) is 1.56. The first kappa shape index (κ1) is 7.16. The monoisotopic (exact) mass is 165 g/mol. The minimum absolute atomic E-state index is 0.270. The summed E-state index contributed by atoms with van der Waals surface area (Å²) < 4.78 is 22.4. The topological polar surface area (TPSA) is 18.5 Å². The van der Waals surface area contributed by atoms with Crippen LogP contribution in [0.4, 0.5) is 4.39 Å². The lowest BCUT2D eigenvalue weighted by atomic mass is 10.2. The van der Waals surface area contributed by atoms with E-state index in [0.29, 0.717) is 0 Å². The lowest BCUT2D eigenvalue weighted by Gasteiger charge is -2.08. The first-order chi connectivity index (χ1) is 5.86. The van der Waals surface area contributed by atoms with Gasteiger partial charge in [-0.1, -0.05) is 0 Å². The summed E-state index contributed by atoms with van der Waals surface area (Å²) in [5.41, 5.74) is 0.776. The molecule has 0 bridgehead atoms. The fourth-order valence-electron chi connectivity index (χ4n) is 0.973. The maximum Gasteiger partial charge on any atom is 0.267 e. The van der Waals surface area contributed by atoms with Crippen molar-refractivity contribution in [2.24, 2.45) is 0 Å². The van der Waals surface area contributed by atoms with E-state index in [0.717, 1.165) is 5.56 Å². The molecule has 0 N–H and O–H groups in total. The minimum atomic E-state index is -0.467. The number of hydrogen-bond donors (Lipinski definition) is 0. The molecule has 1 unspecified atom stereocenters. The van der Waals surface area contributed by atoms with Crippen molar-refractivity contribution in [3.8, 4) is 0 Å². The van der Waals surface area contributed by atoms with Gasteiger partial charge in [-0.3, -0.25) is 0 Å². The largest absolute Gasteiger partial charge is 0.454 e. The van der Waals surface area contributed by atoms with Gasteiger partial charge in [0.25, 0.3) is 6.29 Å². The molecule has 1 aromatic rings. The van der Waals surface area contributed by atoms with Crippen LogP contribution in [0.1, 0.15) is 11.9 Å². The molecule has 0 amide bonds. The van der Waals surface area contributed by atoms with Crippen molar-refractivity contribution in [2.45, 2.75) is 6.29 Å². The Labute approximate surface area is 69.2 Å². The normalized spacial score (nSPS) is 15.8. The summed E-state index contributed by atoms with van der Waals surface area (Å²) in [6, 6.07) is 5.95. The minimum Gasteiger partial charge on any atom is -0.454 e. The van der Waals surface area contributed by atoms with Crippen molar-refractivity contribution < 1.29 is 13.9 Å². The Morgan fingerprint density at radius 3 is 2.58 bits per heavy atom. The van der Waals surface area contributed by atoms with Gasteiger partial charge in [0.1, 0.15) is 12.1 Å². The van der Waals surface area contributed by atoms with Crippen molar-refractivity contribution >= 4 is 0 Å². The molecule has 1 aromatic carbocycles. The summed E-state index contributed by atoms with van der Waals surface area (Å²) in [7, 11) is 0. The summed E-state index contributed by atoms with van der Waals surface area (Å²) in [4.78, 5) is 0. The van der Waals surface area contributed by atoms with Crippen LogP contribution >= 0.6 is 0 Å². The molecule has 0 aliphatic carbocycles. The third-order valence-electron chi connectivity index (χ3n) is 1.56. The van der Waals surface area contributed by atoms with E-state index in [1.165, 1.54) is 18.4 Å². The molecule has 1 heterocycles. The number of halogens is 1. The highest BCUT2D eigenvalue weighted by Crippen LogP contribution is 2.23. The van der Waals surface area contributed by atoms with Crippen LogP contribution < -0.4 is 0 Å². The van der Waals surface area contributed by atoms with Crippen LogP contribution in [0.3, 0.4) is 0 Å². The summed E-state index contributed by atoms with van der Waals surface area (Å²) >= 11 is 0. The van der Waals surface area contributed by atoms with Crippen molar-refractivity contribution in [3.05, 3.63) is 48.2 Å². The predicted octanol–water partition coefficient (Wildman–Crippen LogP) is 2.15. The average molecular weight is 165 g/mol. The molecule has 2 nitrogen and oxygen atoms in total. The quantitative estimate of drug-likeness (QED) is 0.634. The van der Waals surface area contributed by atoms with Crippen LogP contribution in [-0.4, -0.2) is 0 Å². The van der Waals surface area contributed by atoms with Crippen LogP contribution in [0.2, 0.25) is 0 Å². The number of benzene rings is 1. The highest BCUT2D eigenvalue weighted by molar-refractivity contribution is 5.17. The molecular weight excluding hydrogens is 159 g/mol. The summed E-state index contributed by atoms with van der Waals surface area (Å²) in [6.45, 7) is 0. The zero-order chi connectivity index (χ0) is 8.39. The fourth-order valence-corrected chi connectivity index (χ4v) is 0.973. The maximum absolute atomic E-state index is 12.5. The van der Waals surface area contributed by atoms with Gasteiger partial charge in [-0.15, -0.1) is 0 Å². The molecule has 2 rings (SSSR count). The van der Waals surface area contributed by atoms with Crippen molar-refractivity contribution in [2.75, 3.05) is 0 Å². The second-order valence-electron chi connectivity index (χ2n) is 2.37. The Bertz CT molecular complexity index is 284. The van der Waals surface area contributed by atoms with Gasteiger partial charge >= 0.3 is 0 Å². The molecule has 1 aliphatic rings. The Balaban J connectivity index is 2.18. The van der Waals surface area contributed by atoms with Gasteiger partial charge in [0, 0.05) is 5.56 Å². The molecule has 0 spiro atoms. The standard InChI is InChI=1S/C9H6FO2/c10-8-3-1-7(2-4-8)9-11-5-6-12-9/h1-5,9H. The molecule has 0 aromatic heterocycles. The van der Waals surface area contributed by atoms with Gasteiger partial charge in [0.15, 0.2) is 0 Å². The SMILES string of the molecule is Fc1ccc(C2O[C]=CO2)cc1. The maximum atomic E-state index is 12.5. The average Bonchev–Trinajstić information content (AvgIpc) is 2.58. The van der Waals surface area contributed by atoms with E-state index in [9.17, 15) is 4.39 Å². The molecule has 0 saturated heterocycles. The third kappa shape index (κ3) is 1.25. The van der Waals surface area contributed by atoms with Gasteiger partial charge in [-0.05, 0) is 24.3 Å². The van der Waals surface area contributed by atoms with Crippen LogP contribution in [-0.2, 0) is 9.47 Å². The number of hydrogen-bond acceptors (Lipinski definition) is 2. The van der Waals surface area contributed by atoms with Crippen LogP contribution in [0, 0.1) is 12.1 Å². The van der Waals surface area contributed by atoms with E-state index in [1.54, 1.807) is 12.1 Å². The molecule has 0 saturated carbocycles. The molecule has 12 heavy (non-hydrogen) atoms. The van der Waals surface area contributed by atoms with Gasteiger partial charge in [0.2, 0.25) is 6.26 Å². The van der Waals surface area contributed by atoms with Gasteiger partial charge in [-0.2, -0.15) is 0 Å². The van der Waals surface area contributed by atoms with Crippen molar-refractivity contribution in [3.63, 3.8) is 0 Å². The first-order valence-corrected chi connectivity index (χ1v) is 3.50. The zero-order valence-corrected chi connectivity index (χ0v) is 6.16. The second kappa shape index (κ2) is 2.85. The molecule has 3 heteroatoms. The number of ether oxygens (including phenoxy) is 2. The zero-order valence-electron chi connectivity index (χ0n) is 6.16. The summed E-state index contributed by atoms with van der Waals surface area (Å²) in [5, 5.41) is 0. The van der Waals surface area contributed by atoms with E-state index in [-0.39, 0.29) is 5.82 Å². The van der Waals surface area contributed by atoms with E-state index < -0.39 is 6.29 Å². The van der Waals surface area contributed by atoms with Crippen molar-refractivity contribution in [1.82, 2.24) is 0 Å². The van der Waals surface area contributed by atoms with Crippen LogP contribution in [0.25, 0.3) is 0 Å². The molecule has 0 fully saturated rings. The van der Waals surface area contributed by atoms with E-state index in [1.807, 2.05) is 0 Å². The Hall–Kier alpha value is -1.51. The predicted molar refractivity (Wildman–Crippen MR) is 39.1 cm³/mol. The lowest BCUT2D eigenvalue weighted by molar-refractivity contribution is -0.0302. The Kier molecular flexibility index (Phi) is 1.70. The Morgan fingerprint density at radius 1 is 1.25 bits per heavy atom. The first-order valence-electron chi connectivity index (χ1n) is 3.50. The molecule has 61 valence electrons. The van der Waals surface area contributed by atoms with Crippen LogP contribution in [0.15, 0.2) is 30.5 Å². The van der Waals surface area contributed by atoms with Crippen LogP contribution in [0.5, 0.6) is 0 Å². The van der Waals surface area contributed by atoms with E-state index in [2.05, 4.69) is 6.26 Å². The Morgan fingerprint density at radius 2 is 2.00 bits per heavy atom. The molecular formula is C9H6FO2. The molecule has 1 radical (unpaired) electrons. The fraction of sp³-hybridized carbons (Fsp3) is 0.111.